The van der Waals surface area contributed by atoms with Crippen LogP contribution < -0.4 is 9.47 Å². The molecule has 5 nitrogen and oxygen atoms in total. The van der Waals surface area contributed by atoms with E-state index in [2.05, 4.69) is 4.98 Å². The number of carboxylic acids is 1. The van der Waals surface area contributed by atoms with E-state index in [1.807, 2.05) is 13.8 Å². The molecule has 1 N–H and O–H groups in total. The number of hydrogen-bond acceptors (Lipinski definition) is 5. The molecule has 0 spiro atoms. The maximum absolute atomic E-state index is 11.4. The first-order chi connectivity index (χ1) is 9.97. The minimum atomic E-state index is -0.954. The van der Waals surface area contributed by atoms with Gasteiger partial charge in [-0.15, -0.1) is 11.3 Å². The summed E-state index contributed by atoms with van der Waals surface area (Å²) in [7, 11) is 3.15. The van der Waals surface area contributed by atoms with Crippen molar-refractivity contribution in [2.45, 2.75) is 19.8 Å². The molecule has 0 aliphatic heterocycles. The van der Waals surface area contributed by atoms with Crippen LogP contribution in [0.4, 0.5) is 0 Å². The lowest BCUT2D eigenvalue weighted by molar-refractivity contribution is 0.0700. The van der Waals surface area contributed by atoms with E-state index < -0.39 is 5.97 Å². The van der Waals surface area contributed by atoms with E-state index in [4.69, 9.17) is 9.47 Å². The Kier molecular flexibility index (Phi) is 4.47. The Bertz CT molecular complexity index is 664. The minimum absolute atomic E-state index is 0.0395. The molecule has 1 aromatic carbocycles. The molecular weight excluding hydrogens is 290 g/mol. The summed E-state index contributed by atoms with van der Waals surface area (Å²) in [6.07, 6.45) is 0. The second-order valence-electron chi connectivity index (χ2n) is 4.76. The van der Waals surface area contributed by atoms with Gasteiger partial charge in [0.25, 0.3) is 0 Å². The molecule has 0 saturated carbocycles. The Morgan fingerprint density at radius 2 is 2.00 bits per heavy atom. The van der Waals surface area contributed by atoms with Gasteiger partial charge >= 0.3 is 5.97 Å². The quantitative estimate of drug-likeness (QED) is 0.913. The largest absolute Gasteiger partial charge is 0.497 e. The van der Waals surface area contributed by atoms with Crippen molar-refractivity contribution < 1.29 is 19.4 Å². The van der Waals surface area contributed by atoms with E-state index in [-0.39, 0.29) is 10.8 Å². The number of ether oxygens (including phenoxy) is 2. The number of aromatic nitrogens is 1. The third kappa shape index (κ3) is 3.00. The van der Waals surface area contributed by atoms with Gasteiger partial charge in [0.2, 0.25) is 0 Å². The molecule has 0 aliphatic rings. The maximum Gasteiger partial charge on any atom is 0.347 e. The van der Waals surface area contributed by atoms with Crippen LogP contribution in [0.2, 0.25) is 0 Å². The number of methoxy groups -OCH3 is 2. The minimum Gasteiger partial charge on any atom is -0.497 e. The number of carbonyl (C=O) groups is 1. The predicted octanol–water partition coefficient (Wildman–Crippen LogP) is 3.65. The number of aromatic carboxylic acids is 1. The fraction of sp³-hybridized carbons (Fsp3) is 0.333. The monoisotopic (exact) mass is 307 g/mol. The van der Waals surface area contributed by atoms with E-state index in [0.717, 1.165) is 16.9 Å². The summed E-state index contributed by atoms with van der Waals surface area (Å²) in [5, 5.41) is 9.93. The lowest BCUT2D eigenvalue weighted by atomic mass is 10.1. The molecule has 1 heterocycles. The van der Waals surface area contributed by atoms with Crippen LogP contribution in [0.1, 0.15) is 35.1 Å². The molecule has 0 fully saturated rings. The normalized spacial score (nSPS) is 10.7. The van der Waals surface area contributed by atoms with Crippen LogP contribution in [0, 0.1) is 0 Å². The Balaban J connectivity index is 2.61. The smallest absolute Gasteiger partial charge is 0.347 e. The van der Waals surface area contributed by atoms with Crippen LogP contribution in [-0.4, -0.2) is 30.3 Å². The van der Waals surface area contributed by atoms with Crippen molar-refractivity contribution >= 4 is 17.3 Å². The molecule has 0 aliphatic carbocycles. The molecule has 0 unspecified atom stereocenters. The summed E-state index contributed by atoms with van der Waals surface area (Å²) in [6.45, 7) is 3.85. The van der Waals surface area contributed by atoms with Gasteiger partial charge in [-0.3, -0.25) is 0 Å². The van der Waals surface area contributed by atoms with Crippen molar-refractivity contribution in [1.82, 2.24) is 4.98 Å². The first kappa shape index (κ1) is 15.3. The summed E-state index contributed by atoms with van der Waals surface area (Å²) in [6, 6.07) is 5.37. The van der Waals surface area contributed by atoms with Gasteiger partial charge < -0.3 is 14.6 Å². The standard InChI is InChI=1S/C15H17NO4S/c1-8(2)12-13(15(17)18)21-14(16-12)10-7-9(19-3)5-6-11(10)20-4/h5-8H,1-4H3,(H,17,18). The lowest BCUT2D eigenvalue weighted by Crippen LogP contribution is -2.00. The lowest BCUT2D eigenvalue weighted by Gasteiger charge is -2.08. The molecule has 2 aromatic rings. The van der Waals surface area contributed by atoms with Gasteiger partial charge in [0.05, 0.1) is 25.5 Å². The number of thiazole rings is 1. The van der Waals surface area contributed by atoms with Gasteiger partial charge in [0.15, 0.2) is 0 Å². The molecule has 6 heteroatoms. The topological polar surface area (TPSA) is 68.7 Å². The Morgan fingerprint density at radius 3 is 2.48 bits per heavy atom. The first-order valence-electron chi connectivity index (χ1n) is 6.44. The molecule has 0 atom stereocenters. The summed E-state index contributed by atoms with van der Waals surface area (Å²) in [4.78, 5) is 16.1. The maximum atomic E-state index is 11.4. The molecule has 0 radical (unpaired) electrons. The Labute approximate surface area is 127 Å². The van der Waals surface area contributed by atoms with Gasteiger partial charge in [0.1, 0.15) is 21.4 Å². The highest BCUT2D eigenvalue weighted by Crippen LogP contribution is 2.38. The average Bonchev–Trinajstić information content (AvgIpc) is 2.92. The van der Waals surface area contributed by atoms with Crippen LogP contribution in [0.15, 0.2) is 18.2 Å². The molecule has 1 aromatic heterocycles. The first-order valence-corrected chi connectivity index (χ1v) is 7.26. The van der Waals surface area contributed by atoms with E-state index in [1.165, 1.54) is 0 Å². The van der Waals surface area contributed by atoms with Crippen molar-refractivity contribution in [2.75, 3.05) is 14.2 Å². The highest BCUT2D eigenvalue weighted by Gasteiger charge is 2.22. The van der Waals surface area contributed by atoms with E-state index in [0.29, 0.717) is 22.2 Å². The summed E-state index contributed by atoms with van der Waals surface area (Å²) in [5.41, 5.74) is 1.32. The summed E-state index contributed by atoms with van der Waals surface area (Å²) in [5.74, 6) is 0.391. The van der Waals surface area contributed by atoms with Crippen LogP contribution in [0.5, 0.6) is 11.5 Å². The SMILES string of the molecule is COc1ccc(OC)c(-c2nc(C(C)C)c(C(=O)O)s2)c1. The van der Waals surface area contributed by atoms with Crippen molar-refractivity contribution in [3.8, 4) is 22.1 Å². The van der Waals surface area contributed by atoms with E-state index >= 15 is 0 Å². The number of carboxylic acid groups (broad SMARTS) is 1. The zero-order valence-corrected chi connectivity index (χ0v) is 13.2. The van der Waals surface area contributed by atoms with Gasteiger partial charge in [-0.25, -0.2) is 9.78 Å². The van der Waals surface area contributed by atoms with Crippen molar-refractivity contribution in [2.24, 2.45) is 0 Å². The highest BCUT2D eigenvalue weighted by atomic mass is 32.1. The van der Waals surface area contributed by atoms with Crippen LogP contribution in [-0.2, 0) is 0 Å². The predicted molar refractivity (Wildman–Crippen MR) is 81.7 cm³/mol. The molecule has 0 saturated heterocycles. The number of rotatable bonds is 5. The van der Waals surface area contributed by atoms with Crippen LogP contribution in [0.25, 0.3) is 10.6 Å². The summed E-state index contributed by atoms with van der Waals surface area (Å²) >= 11 is 1.15. The second kappa shape index (κ2) is 6.13. The highest BCUT2D eigenvalue weighted by molar-refractivity contribution is 7.17. The van der Waals surface area contributed by atoms with Gasteiger partial charge in [-0.1, -0.05) is 13.8 Å². The van der Waals surface area contributed by atoms with E-state index in [1.54, 1.807) is 32.4 Å². The Morgan fingerprint density at radius 1 is 1.29 bits per heavy atom. The zero-order chi connectivity index (χ0) is 15.6. The van der Waals surface area contributed by atoms with E-state index in [9.17, 15) is 9.90 Å². The zero-order valence-electron chi connectivity index (χ0n) is 12.3. The van der Waals surface area contributed by atoms with Crippen molar-refractivity contribution in [3.63, 3.8) is 0 Å². The molecule has 112 valence electrons. The number of hydrogen-bond donors (Lipinski definition) is 1. The third-order valence-corrected chi connectivity index (χ3v) is 4.12. The average molecular weight is 307 g/mol. The summed E-state index contributed by atoms with van der Waals surface area (Å²) < 4.78 is 10.5. The van der Waals surface area contributed by atoms with Crippen molar-refractivity contribution in [3.05, 3.63) is 28.8 Å². The van der Waals surface area contributed by atoms with Crippen LogP contribution in [0.3, 0.4) is 0 Å². The van der Waals surface area contributed by atoms with Gasteiger partial charge in [-0.2, -0.15) is 0 Å². The fourth-order valence-electron chi connectivity index (χ4n) is 1.97. The van der Waals surface area contributed by atoms with Gasteiger partial charge in [-0.05, 0) is 24.1 Å². The molecular formula is C15H17NO4S. The molecule has 21 heavy (non-hydrogen) atoms. The molecule has 2 rings (SSSR count). The van der Waals surface area contributed by atoms with Crippen LogP contribution >= 0.6 is 11.3 Å². The number of nitrogens with zero attached hydrogens (tertiary/aromatic N) is 1. The Hall–Kier alpha value is -2.08. The van der Waals surface area contributed by atoms with Gasteiger partial charge in [0, 0.05) is 0 Å². The molecule has 0 amide bonds. The molecule has 0 bridgehead atoms. The third-order valence-electron chi connectivity index (χ3n) is 3.03. The number of benzene rings is 1. The fourth-order valence-corrected chi connectivity index (χ4v) is 3.05. The second-order valence-corrected chi connectivity index (χ2v) is 5.76. The van der Waals surface area contributed by atoms with Crippen molar-refractivity contribution in [1.29, 1.82) is 0 Å².